The summed E-state index contributed by atoms with van der Waals surface area (Å²) in [6.45, 7) is 8.51. The minimum atomic E-state index is 0.182. The minimum absolute atomic E-state index is 0.182. The summed E-state index contributed by atoms with van der Waals surface area (Å²) in [7, 11) is 2.11. The van der Waals surface area contributed by atoms with Gasteiger partial charge in [0.25, 0.3) is 0 Å². The van der Waals surface area contributed by atoms with E-state index in [9.17, 15) is 4.79 Å². The fraction of sp³-hybridized carbons (Fsp3) is 0.929. The van der Waals surface area contributed by atoms with E-state index in [4.69, 9.17) is 5.11 Å². The molecular formula is C14H29N3O2. The third-order valence-electron chi connectivity index (χ3n) is 4.06. The van der Waals surface area contributed by atoms with Gasteiger partial charge in [0.1, 0.15) is 0 Å². The number of aliphatic hydroxyl groups excluding tert-OH is 1. The smallest absolute Gasteiger partial charge is 0.319 e. The molecule has 0 unspecified atom stereocenters. The number of rotatable bonds is 6. The summed E-state index contributed by atoms with van der Waals surface area (Å²) in [5.41, 5.74) is 0. The quantitative estimate of drug-likeness (QED) is 0.790. The fourth-order valence-corrected chi connectivity index (χ4v) is 2.69. The van der Waals surface area contributed by atoms with Crippen molar-refractivity contribution in [3.05, 3.63) is 0 Å². The molecule has 1 fully saturated rings. The first kappa shape index (κ1) is 16.2. The van der Waals surface area contributed by atoms with Crippen LogP contribution in [0, 0.1) is 0 Å². The minimum Gasteiger partial charge on any atom is -0.396 e. The predicted octanol–water partition coefficient (Wildman–Crippen LogP) is 1.23. The van der Waals surface area contributed by atoms with Gasteiger partial charge in [-0.2, -0.15) is 0 Å². The number of carbonyl (C=O) groups excluding carboxylic acids is 1. The van der Waals surface area contributed by atoms with Gasteiger partial charge in [-0.25, -0.2) is 4.79 Å². The van der Waals surface area contributed by atoms with Crippen LogP contribution in [-0.2, 0) is 0 Å². The van der Waals surface area contributed by atoms with Gasteiger partial charge in [-0.15, -0.1) is 0 Å². The number of hydrogen-bond donors (Lipinski definition) is 1. The van der Waals surface area contributed by atoms with Gasteiger partial charge < -0.3 is 19.8 Å². The first-order valence-corrected chi connectivity index (χ1v) is 7.48. The second kappa shape index (κ2) is 8.38. The van der Waals surface area contributed by atoms with Gasteiger partial charge in [0, 0.05) is 45.4 Å². The Kier molecular flexibility index (Phi) is 7.16. The van der Waals surface area contributed by atoms with Crippen LogP contribution in [0.2, 0.25) is 0 Å². The lowest BCUT2D eigenvalue weighted by atomic mass is 10.0. The average Bonchev–Trinajstić information content (AvgIpc) is 2.46. The molecule has 0 atom stereocenters. The van der Waals surface area contributed by atoms with E-state index in [0.29, 0.717) is 6.04 Å². The number of piperidine rings is 1. The monoisotopic (exact) mass is 271 g/mol. The van der Waals surface area contributed by atoms with Crippen LogP contribution in [0.4, 0.5) is 4.79 Å². The number of amides is 2. The largest absolute Gasteiger partial charge is 0.396 e. The molecule has 5 nitrogen and oxygen atoms in total. The van der Waals surface area contributed by atoms with Gasteiger partial charge in [0.2, 0.25) is 0 Å². The summed E-state index contributed by atoms with van der Waals surface area (Å²) in [6, 6.07) is 0.730. The lowest BCUT2D eigenvalue weighted by molar-refractivity contribution is 0.111. The van der Waals surface area contributed by atoms with Gasteiger partial charge in [-0.1, -0.05) is 0 Å². The molecule has 0 aliphatic carbocycles. The lowest BCUT2D eigenvalue weighted by Crippen LogP contribution is -2.50. The summed E-state index contributed by atoms with van der Waals surface area (Å²) in [6.07, 6.45) is 2.90. The Morgan fingerprint density at radius 2 is 1.84 bits per heavy atom. The standard InChI is InChI=1S/C14H29N3O2/c1-4-16(5-2)14(19)17-10-7-13(8-11-17)15(3)9-6-12-18/h13,18H,4-12H2,1-3H3. The molecule has 5 heteroatoms. The molecule has 0 aromatic rings. The Labute approximate surface area is 117 Å². The van der Waals surface area contributed by atoms with E-state index in [1.54, 1.807) is 0 Å². The maximum absolute atomic E-state index is 12.2. The molecule has 1 rings (SSSR count). The van der Waals surface area contributed by atoms with Crippen LogP contribution >= 0.6 is 0 Å². The zero-order chi connectivity index (χ0) is 14.3. The van der Waals surface area contributed by atoms with E-state index in [2.05, 4.69) is 11.9 Å². The van der Waals surface area contributed by atoms with Crippen molar-refractivity contribution in [1.82, 2.24) is 14.7 Å². The van der Waals surface area contributed by atoms with E-state index in [0.717, 1.165) is 52.0 Å². The molecule has 2 amide bonds. The van der Waals surface area contributed by atoms with Gasteiger partial charge in [0.05, 0.1) is 0 Å². The van der Waals surface area contributed by atoms with Crippen LogP contribution in [0.5, 0.6) is 0 Å². The average molecular weight is 271 g/mol. The molecule has 0 spiro atoms. The molecule has 0 bridgehead atoms. The highest BCUT2D eigenvalue weighted by molar-refractivity contribution is 5.74. The number of likely N-dealkylation sites (tertiary alicyclic amines) is 1. The maximum atomic E-state index is 12.2. The first-order valence-electron chi connectivity index (χ1n) is 7.48. The summed E-state index contributed by atoms with van der Waals surface area (Å²) >= 11 is 0. The molecule has 0 aromatic heterocycles. The molecule has 0 saturated carbocycles. The molecular weight excluding hydrogens is 242 g/mol. The van der Waals surface area contributed by atoms with Gasteiger partial charge >= 0.3 is 6.03 Å². The second-order valence-electron chi connectivity index (χ2n) is 5.23. The molecule has 0 aromatic carbocycles. The van der Waals surface area contributed by atoms with E-state index in [1.165, 1.54) is 0 Å². The number of urea groups is 1. The number of aliphatic hydroxyl groups is 1. The summed E-state index contributed by atoms with van der Waals surface area (Å²) in [5.74, 6) is 0. The SMILES string of the molecule is CCN(CC)C(=O)N1CCC(N(C)CCCO)CC1. The van der Waals surface area contributed by atoms with Gasteiger partial charge in [-0.3, -0.25) is 0 Å². The summed E-state index contributed by atoms with van der Waals surface area (Å²) < 4.78 is 0. The number of nitrogens with zero attached hydrogens (tertiary/aromatic N) is 3. The second-order valence-corrected chi connectivity index (χ2v) is 5.23. The van der Waals surface area contributed by atoms with E-state index >= 15 is 0 Å². The Balaban J connectivity index is 2.37. The van der Waals surface area contributed by atoms with E-state index < -0.39 is 0 Å². The van der Waals surface area contributed by atoms with Crippen LogP contribution < -0.4 is 0 Å². The summed E-state index contributed by atoms with van der Waals surface area (Å²) in [4.78, 5) is 18.4. The van der Waals surface area contributed by atoms with Gasteiger partial charge in [0.15, 0.2) is 0 Å². The predicted molar refractivity (Wildman–Crippen MR) is 77.2 cm³/mol. The molecule has 1 aliphatic rings. The summed E-state index contributed by atoms with van der Waals surface area (Å²) in [5, 5.41) is 8.86. The van der Waals surface area contributed by atoms with Crippen molar-refractivity contribution < 1.29 is 9.90 Å². The van der Waals surface area contributed by atoms with Crippen molar-refractivity contribution in [2.45, 2.75) is 39.2 Å². The van der Waals surface area contributed by atoms with Crippen molar-refractivity contribution in [2.24, 2.45) is 0 Å². The molecule has 19 heavy (non-hydrogen) atoms. The maximum Gasteiger partial charge on any atom is 0.319 e. The highest BCUT2D eigenvalue weighted by Gasteiger charge is 2.26. The Morgan fingerprint density at radius 1 is 1.26 bits per heavy atom. The highest BCUT2D eigenvalue weighted by atomic mass is 16.3. The third-order valence-corrected chi connectivity index (χ3v) is 4.06. The Hall–Kier alpha value is -0.810. The molecule has 0 radical (unpaired) electrons. The molecule has 112 valence electrons. The Bertz CT molecular complexity index is 261. The van der Waals surface area contributed by atoms with Crippen molar-refractivity contribution in [2.75, 3.05) is 46.4 Å². The third kappa shape index (κ3) is 4.66. The van der Waals surface area contributed by atoms with Crippen LogP contribution in [0.1, 0.15) is 33.1 Å². The number of hydrogen-bond acceptors (Lipinski definition) is 3. The molecule has 1 N–H and O–H groups in total. The zero-order valence-corrected chi connectivity index (χ0v) is 12.6. The van der Waals surface area contributed by atoms with Crippen molar-refractivity contribution in [1.29, 1.82) is 0 Å². The van der Waals surface area contributed by atoms with Crippen molar-refractivity contribution in [3.8, 4) is 0 Å². The first-order chi connectivity index (χ1) is 9.13. The van der Waals surface area contributed by atoms with Crippen LogP contribution in [0.25, 0.3) is 0 Å². The van der Waals surface area contributed by atoms with Crippen LogP contribution in [0.15, 0.2) is 0 Å². The Morgan fingerprint density at radius 3 is 2.32 bits per heavy atom. The van der Waals surface area contributed by atoms with Crippen molar-refractivity contribution in [3.63, 3.8) is 0 Å². The molecule has 1 saturated heterocycles. The lowest BCUT2D eigenvalue weighted by Gasteiger charge is -2.38. The van der Waals surface area contributed by atoms with Gasteiger partial charge in [-0.05, 0) is 40.2 Å². The zero-order valence-electron chi connectivity index (χ0n) is 12.6. The van der Waals surface area contributed by atoms with Crippen LogP contribution in [0.3, 0.4) is 0 Å². The number of carbonyl (C=O) groups is 1. The highest BCUT2D eigenvalue weighted by Crippen LogP contribution is 2.16. The molecule has 1 heterocycles. The molecule has 1 aliphatic heterocycles. The topological polar surface area (TPSA) is 47.0 Å². The van der Waals surface area contributed by atoms with Crippen LogP contribution in [-0.4, -0.2) is 78.3 Å². The normalized spacial score (nSPS) is 17.0. The van der Waals surface area contributed by atoms with E-state index in [1.807, 2.05) is 23.6 Å². The van der Waals surface area contributed by atoms with E-state index in [-0.39, 0.29) is 12.6 Å². The van der Waals surface area contributed by atoms with Crippen molar-refractivity contribution >= 4 is 6.03 Å². The fourth-order valence-electron chi connectivity index (χ4n) is 2.69.